The standard InChI is InChI=1S/C14H18N2O/c1-16(11-5-6-11)14(17)13-4-2-3-10-9-15-8-7-12(10)13/h2-4,11,15H,5-9H2,1H3. The first-order valence-corrected chi connectivity index (χ1v) is 6.36. The van der Waals surface area contributed by atoms with Gasteiger partial charge in [0.15, 0.2) is 0 Å². The van der Waals surface area contributed by atoms with Crippen LogP contribution in [0, 0.1) is 0 Å². The molecule has 0 atom stereocenters. The Bertz CT molecular complexity index is 452. The fourth-order valence-corrected chi connectivity index (χ4v) is 2.55. The summed E-state index contributed by atoms with van der Waals surface area (Å²) >= 11 is 0. The van der Waals surface area contributed by atoms with Crippen LogP contribution in [-0.2, 0) is 13.0 Å². The zero-order chi connectivity index (χ0) is 11.8. The summed E-state index contributed by atoms with van der Waals surface area (Å²) in [7, 11) is 1.93. The maximum atomic E-state index is 12.4. The molecule has 1 amide bonds. The number of hydrogen-bond donors (Lipinski definition) is 1. The van der Waals surface area contributed by atoms with E-state index in [1.54, 1.807) is 0 Å². The van der Waals surface area contributed by atoms with Crippen molar-refractivity contribution >= 4 is 5.91 Å². The van der Waals surface area contributed by atoms with Crippen LogP contribution < -0.4 is 5.32 Å². The summed E-state index contributed by atoms with van der Waals surface area (Å²) in [4.78, 5) is 14.3. The van der Waals surface area contributed by atoms with Crippen LogP contribution in [0.3, 0.4) is 0 Å². The highest BCUT2D eigenvalue weighted by molar-refractivity contribution is 5.96. The van der Waals surface area contributed by atoms with Gasteiger partial charge in [-0.3, -0.25) is 4.79 Å². The third-order valence-corrected chi connectivity index (χ3v) is 3.79. The van der Waals surface area contributed by atoms with Gasteiger partial charge in [0.05, 0.1) is 0 Å². The van der Waals surface area contributed by atoms with Crippen molar-refractivity contribution in [3.63, 3.8) is 0 Å². The summed E-state index contributed by atoms with van der Waals surface area (Å²) in [5.74, 6) is 0.200. The monoisotopic (exact) mass is 230 g/mol. The predicted molar refractivity (Wildman–Crippen MR) is 67.0 cm³/mol. The molecule has 0 spiro atoms. The summed E-state index contributed by atoms with van der Waals surface area (Å²) in [5.41, 5.74) is 3.45. The molecule has 1 N–H and O–H groups in total. The zero-order valence-corrected chi connectivity index (χ0v) is 10.2. The minimum Gasteiger partial charge on any atom is -0.339 e. The third-order valence-electron chi connectivity index (χ3n) is 3.79. The maximum absolute atomic E-state index is 12.4. The van der Waals surface area contributed by atoms with E-state index in [2.05, 4.69) is 11.4 Å². The Morgan fingerprint density at radius 1 is 1.41 bits per heavy atom. The molecular formula is C14H18N2O. The summed E-state index contributed by atoms with van der Waals surface area (Å²) in [6, 6.07) is 6.58. The van der Waals surface area contributed by atoms with Gasteiger partial charge in [0.25, 0.3) is 5.91 Å². The van der Waals surface area contributed by atoms with Crippen LogP contribution in [0.1, 0.15) is 34.3 Å². The van der Waals surface area contributed by atoms with E-state index in [0.717, 1.165) is 25.1 Å². The SMILES string of the molecule is CN(C(=O)c1cccc2c1CCNC2)C1CC1. The number of nitrogens with zero attached hydrogens (tertiary/aromatic N) is 1. The van der Waals surface area contributed by atoms with E-state index in [4.69, 9.17) is 0 Å². The second kappa shape index (κ2) is 4.15. The molecule has 1 heterocycles. The number of nitrogens with one attached hydrogen (secondary N) is 1. The molecule has 0 bridgehead atoms. The van der Waals surface area contributed by atoms with Gasteiger partial charge in [0.2, 0.25) is 0 Å². The number of rotatable bonds is 2. The summed E-state index contributed by atoms with van der Waals surface area (Å²) in [6.45, 7) is 1.87. The average molecular weight is 230 g/mol. The zero-order valence-electron chi connectivity index (χ0n) is 10.2. The van der Waals surface area contributed by atoms with E-state index in [1.165, 1.54) is 24.0 Å². The van der Waals surface area contributed by atoms with Gasteiger partial charge >= 0.3 is 0 Å². The van der Waals surface area contributed by atoms with E-state index < -0.39 is 0 Å². The van der Waals surface area contributed by atoms with Gasteiger partial charge in [-0.2, -0.15) is 0 Å². The van der Waals surface area contributed by atoms with Gasteiger partial charge in [-0.25, -0.2) is 0 Å². The van der Waals surface area contributed by atoms with Gasteiger partial charge < -0.3 is 10.2 Å². The highest BCUT2D eigenvalue weighted by Gasteiger charge is 2.31. The van der Waals surface area contributed by atoms with Crippen molar-refractivity contribution in [2.24, 2.45) is 0 Å². The molecule has 0 aromatic heterocycles. The lowest BCUT2D eigenvalue weighted by atomic mass is 9.95. The van der Waals surface area contributed by atoms with Crippen LogP contribution in [0.5, 0.6) is 0 Å². The average Bonchev–Trinajstić information content (AvgIpc) is 3.20. The number of amides is 1. The first-order valence-electron chi connectivity index (χ1n) is 6.36. The lowest BCUT2D eigenvalue weighted by molar-refractivity contribution is 0.0783. The Labute approximate surface area is 102 Å². The number of carbonyl (C=O) groups excluding carboxylic acids is 1. The molecule has 90 valence electrons. The maximum Gasteiger partial charge on any atom is 0.254 e. The molecule has 0 unspecified atom stereocenters. The van der Waals surface area contributed by atoms with Crippen molar-refractivity contribution in [2.45, 2.75) is 31.8 Å². The van der Waals surface area contributed by atoms with E-state index in [0.29, 0.717) is 6.04 Å². The van der Waals surface area contributed by atoms with Crippen LogP contribution in [0.2, 0.25) is 0 Å². The van der Waals surface area contributed by atoms with Gasteiger partial charge in [-0.15, -0.1) is 0 Å². The second-order valence-electron chi connectivity index (χ2n) is 5.02. The minimum absolute atomic E-state index is 0.200. The van der Waals surface area contributed by atoms with Crippen LogP contribution in [-0.4, -0.2) is 30.4 Å². The van der Waals surface area contributed by atoms with Crippen molar-refractivity contribution in [1.29, 1.82) is 0 Å². The molecule has 3 nitrogen and oxygen atoms in total. The Hall–Kier alpha value is -1.35. The molecule has 3 heteroatoms. The lowest BCUT2D eigenvalue weighted by Crippen LogP contribution is -2.32. The molecule has 0 saturated heterocycles. The first kappa shape index (κ1) is 10.8. The fourth-order valence-electron chi connectivity index (χ4n) is 2.55. The van der Waals surface area contributed by atoms with Crippen molar-refractivity contribution < 1.29 is 4.79 Å². The number of fused-ring (bicyclic) bond motifs is 1. The van der Waals surface area contributed by atoms with E-state index >= 15 is 0 Å². The summed E-state index contributed by atoms with van der Waals surface area (Å²) in [5, 5.41) is 3.35. The number of benzene rings is 1. The van der Waals surface area contributed by atoms with Gasteiger partial charge in [0, 0.05) is 25.2 Å². The number of hydrogen-bond acceptors (Lipinski definition) is 2. The molecule has 17 heavy (non-hydrogen) atoms. The van der Waals surface area contributed by atoms with E-state index in [1.807, 2.05) is 24.1 Å². The molecule has 2 aliphatic rings. The Morgan fingerprint density at radius 3 is 3.00 bits per heavy atom. The molecule has 1 aromatic carbocycles. The molecule has 1 aromatic rings. The molecule has 1 aliphatic carbocycles. The van der Waals surface area contributed by atoms with E-state index in [9.17, 15) is 4.79 Å². The highest BCUT2D eigenvalue weighted by atomic mass is 16.2. The largest absolute Gasteiger partial charge is 0.339 e. The molecule has 0 radical (unpaired) electrons. The third kappa shape index (κ3) is 1.95. The van der Waals surface area contributed by atoms with Crippen LogP contribution in [0.25, 0.3) is 0 Å². The molecule has 1 saturated carbocycles. The van der Waals surface area contributed by atoms with Crippen molar-refractivity contribution in [3.05, 3.63) is 34.9 Å². The second-order valence-corrected chi connectivity index (χ2v) is 5.02. The molecule has 1 aliphatic heterocycles. The number of carbonyl (C=O) groups is 1. The van der Waals surface area contributed by atoms with Crippen LogP contribution in [0.15, 0.2) is 18.2 Å². The summed E-state index contributed by atoms with van der Waals surface area (Å²) < 4.78 is 0. The van der Waals surface area contributed by atoms with Crippen molar-refractivity contribution in [1.82, 2.24) is 10.2 Å². The van der Waals surface area contributed by atoms with Gasteiger partial charge in [-0.1, -0.05) is 12.1 Å². The smallest absolute Gasteiger partial charge is 0.254 e. The highest BCUT2D eigenvalue weighted by Crippen LogP contribution is 2.28. The predicted octanol–water partition coefficient (Wildman–Crippen LogP) is 1.57. The normalized spacial score (nSPS) is 18.6. The molecule has 1 fully saturated rings. The Balaban J connectivity index is 1.93. The van der Waals surface area contributed by atoms with Crippen LogP contribution in [0.4, 0.5) is 0 Å². The topological polar surface area (TPSA) is 32.3 Å². The van der Waals surface area contributed by atoms with Crippen LogP contribution >= 0.6 is 0 Å². The quantitative estimate of drug-likeness (QED) is 0.836. The lowest BCUT2D eigenvalue weighted by Gasteiger charge is -2.23. The van der Waals surface area contributed by atoms with Gasteiger partial charge in [-0.05, 0) is 43.0 Å². The first-order chi connectivity index (χ1) is 8.27. The molecular weight excluding hydrogens is 212 g/mol. The van der Waals surface area contributed by atoms with Crippen molar-refractivity contribution in [2.75, 3.05) is 13.6 Å². The molecule has 3 rings (SSSR count). The van der Waals surface area contributed by atoms with Crippen molar-refractivity contribution in [3.8, 4) is 0 Å². The minimum atomic E-state index is 0.200. The summed E-state index contributed by atoms with van der Waals surface area (Å²) in [6.07, 6.45) is 3.30. The van der Waals surface area contributed by atoms with Gasteiger partial charge in [0.1, 0.15) is 0 Å². The Kier molecular flexibility index (Phi) is 2.63. The Morgan fingerprint density at radius 2 is 2.24 bits per heavy atom. The van der Waals surface area contributed by atoms with E-state index in [-0.39, 0.29) is 5.91 Å². The fraction of sp³-hybridized carbons (Fsp3) is 0.500.